The highest BCUT2D eigenvalue weighted by Crippen LogP contribution is 2.33. The van der Waals surface area contributed by atoms with Crippen molar-refractivity contribution in [2.24, 2.45) is 0 Å². The molecule has 1 aliphatic rings. The second kappa shape index (κ2) is 9.78. The van der Waals surface area contributed by atoms with Gasteiger partial charge in [-0.1, -0.05) is 6.07 Å². The monoisotopic (exact) mass is 471 g/mol. The van der Waals surface area contributed by atoms with Gasteiger partial charge in [0.2, 0.25) is 0 Å². The van der Waals surface area contributed by atoms with E-state index in [4.69, 9.17) is 10.5 Å². The van der Waals surface area contributed by atoms with E-state index in [-0.39, 0.29) is 17.1 Å². The summed E-state index contributed by atoms with van der Waals surface area (Å²) in [5.74, 6) is -0.293. The van der Waals surface area contributed by atoms with Crippen molar-refractivity contribution in [1.82, 2.24) is 14.9 Å². The number of nitrogen functional groups attached to an aromatic ring is 1. The molecule has 0 saturated carbocycles. The molecule has 2 aromatic carbocycles. The molecule has 0 spiro atoms. The van der Waals surface area contributed by atoms with Gasteiger partial charge in [-0.15, -0.1) is 0 Å². The second-order valence-corrected chi connectivity index (χ2v) is 8.12. The average molecular weight is 471 g/mol. The summed E-state index contributed by atoms with van der Waals surface area (Å²) in [5.41, 5.74) is 7.73. The topological polar surface area (TPSA) is 93.4 Å². The molecule has 1 amide bonds. The standard InChI is InChI=1S/C24H24F3N5O2/c1-15-2-3-17(10-20(15)21-12-29-13-22(28)31-21)23(33)30-19-9-16(8-18(11-19)24(25,26)27)14-32-4-6-34-7-5-32/h2-3,8-13H,4-7,14H2,1H3,(H2,28,31)(H,30,33). The second-order valence-electron chi connectivity index (χ2n) is 8.12. The molecule has 3 aromatic rings. The fourth-order valence-corrected chi connectivity index (χ4v) is 3.79. The molecule has 1 aliphatic heterocycles. The lowest BCUT2D eigenvalue weighted by Crippen LogP contribution is -2.35. The maximum absolute atomic E-state index is 13.5. The van der Waals surface area contributed by atoms with Crippen LogP contribution in [0.4, 0.5) is 24.7 Å². The third-order valence-electron chi connectivity index (χ3n) is 5.52. The predicted molar refractivity (Wildman–Crippen MR) is 122 cm³/mol. The molecule has 1 fully saturated rings. The fraction of sp³-hybridized carbons (Fsp3) is 0.292. The molecule has 10 heteroatoms. The van der Waals surface area contributed by atoms with E-state index < -0.39 is 17.6 Å². The molecule has 0 aliphatic carbocycles. The molecule has 1 aromatic heterocycles. The van der Waals surface area contributed by atoms with Crippen molar-refractivity contribution >= 4 is 17.4 Å². The SMILES string of the molecule is Cc1ccc(C(=O)Nc2cc(CN3CCOCC3)cc(C(F)(F)F)c2)cc1-c1cncc(N)n1. The molecule has 178 valence electrons. The van der Waals surface area contributed by atoms with E-state index in [1.807, 2.05) is 11.8 Å². The summed E-state index contributed by atoms with van der Waals surface area (Å²) >= 11 is 0. The Morgan fingerprint density at radius 2 is 1.91 bits per heavy atom. The maximum atomic E-state index is 13.5. The first-order valence-electron chi connectivity index (χ1n) is 10.7. The number of aromatic nitrogens is 2. The summed E-state index contributed by atoms with van der Waals surface area (Å²) in [6.45, 7) is 4.53. The number of alkyl halides is 3. The number of hydrogen-bond acceptors (Lipinski definition) is 6. The van der Waals surface area contributed by atoms with Gasteiger partial charge in [0.1, 0.15) is 5.82 Å². The highest BCUT2D eigenvalue weighted by Gasteiger charge is 2.31. The van der Waals surface area contributed by atoms with Crippen molar-refractivity contribution in [3.63, 3.8) is 0 Å². The third-order valence-corrected chi connectivity index (χ3v) is 5.52. The van der Waals surface area contributed by atoms with E-state index in [1.165, 1.54) is 12.4 Å². The molecule has 0 radical (unpaired) electrons. The minimum atomic E-state index is -4.54. The van der Waals surface area contributed by atoms with Gasteiger partial charge in [-0.25, -0.2) is 4.98 Å². The van der Waals surface area contributed by atoms with Crippen molar-refractivity contribution in [3.8, 4) is 11.3 Å². The van der Waals surface area contributed by atoms with E-state index in [9.17, 15) is 18.0 Å². The van der Waals surface area contributed by atoms with Crippen molar-refractivity contribution in [2.75, 3.05) is 37.4 Å². The van der Waals surface area contributed by atoms with Crippen molar-refractivity contribution in [2.45, 2.75) is 19.6 Å². The largest absolute Gasteiger partial charge is 0.416 e. The highest BCUT2D eigenvalue weighted by molar-refractivity contribution is 6.05. The predicted octanol–water partition coefficient (Wildman–Crippen LogP) is 4.14. The van der Waals surface area contributed by atoms with Crippen molar-refractivity contribution in [1.29, 1.82) is 0 Å². The Kier molecular flexibility index (Phi) is 6.80. The normalized spacial score (nSPS) is 14.7. The minimum Gasteiger partial charge on any atom is -0.382 e. The zero-order valence-corrected chi connectivity index (χ0v) is 18.5. The molecular formula is C24H24F3N5O2. The van der Waals surface area contributed by atoms with Gasteiger partial charge in [0, 0.05) is 36.4 Å². The van der Waals surface area contributed by atoms with Crippen LogP contribution in [0.15, 0.2) is 48.8 Å². The number of nitrogens with one attached hydrogen (secondary N) is 1. The first-order chi connectivity index (χ1) is 16.2. The van der Waals surface area contributed by atoms with Gasteiger partial charge in [0.15, 0.2) is 0 Å². The van der Waals surface area contributed by atoms with Crippen LogP contribution in [0.5, 0.6) is 0 Å². The van der Waals surface area contributed by atoms with Crippen molar-refractivity contribution < 1.29 is 22.7 Å². The molecule has 0 bridgehead atoms. The summed E-state index contributed by atoms with van der Waals surface area (Å²) in [4.78, 5) is 23.2. The van der Waals surface area contributed by atoms with Gasteiger partial charge in [-0.2, -0.15) is 13.2 Å². The Hall–Kier alpha value is -3.50. The number of carbonyl (C=O) groups is 1. The number of halogens is 3. The lowest BCUT2D eigenvalue weighted by atomic mass is 10.0. The van der Waals surface area contributed by atoms with Crippen LogP contribution in [-0.4, -0.2) is 47.1 Å². The van der Waals surface area contributed by atoms with E-state index in [1.54, 1.807) is 24.3 Å². The van der Waals surface area contributed by atoms with E-state index in [0.717, 1.165) is 17.7 Å². The molecule has 4 rings (SSSR count). The molecule has 0 unspecified atom stereocenters. The van der Waals surface area contributed by atoms with Crippen LogP contribution in [0.25, 0.3) is 11.3 Å². The Balaban J connectivity index is 1.60. The first kappa shape index (κ1) is 23.7. The summed E-state index contributed by atoms with van der Waals surface area (Å²) < 4.78 is 45.9. The van der Waals surface area contributed by atoms with Gasteiger partial charge in [0.05, 0.1) is 36.9 Å². The zero-order chi connectivity index (χ0) is 24.3. The average Bonchev–Trinajstić information content (AvgIpc) is 2.79. The molecule has 0 atom stereocenters. The number of nitrogens with two attached hydrogens (primary N) is 1. The van der Waals surface area contributed by atoms with E-state index >= 15 is 0 Å². The minimum absolute atomic E-state index is 0.0777. The van der Waals surface area contributed by atoms with Gasteiger partial charge >= 0.3 is 6.18 Å². The van der Waals surface area contributed by atoms with Crippen LogP contribution >= 0.6 is 0 Å². The zero-order valence-electron chi connectivity index (χ0n) is 18.5. The summed E-state index contributed by atoms with van der Waals surface area (Å²) in [7, 11) is 0. The molecule has 7 nitrogen and oxygen atoms in total. The van der Waals surface area contributed by atoms with Gasteiger partial charge < -0.3 is 15.8 Å². The van der Waals surface area contributed by atoms with Crippen LogP contribution < -0.4 is 11.1 Å². The number of benzene rings is 2. The Bertz CT molecular complexity index is 1190. The van der Waals surface area contributed by atoms with E-state index in [2.05, 4.69) is 15.3 Å². The Morgan fingerprint density at radius 3 is 2.62 bits per heavy atom. The van der Waals surface area contributed by atoms with Gasteiger partial charge in [-0.3, -0.25) is 14.7 Å². The number of rotatable bonds is 5. The number of amides is 1. The fourth-order valence-electron chi connectivity index (χ4n) is 3.79. The highest BCUT2D eigenvalue weighted by atomic mass is 19.4. The lowest BCUT2D eigenvalue weighted by molar-refractivity contribution is -0.137. The molecule has 2 heterocycles. The molecule has 34 heavy (non-hydrogen) atoms. The first-order valence-corrected chi connectivity index (χ1v) is 10.7. The molecule has 3 N–H and O–H groups in total. The Labute approximate surface area is 194 Å². The van der Waals surface area contributed by atoms with Crippen LogP contribution in [0, 0.1) is 6.92 Å². The van der Waals surface area contributed by atoms with Crippen molar-refractivity contribution in [3.05, 3.63) is 71.0 Å². The smallest absolute Gasteiger partial charge is 0.382 e. The van der Waals surface area contributed by atoms with Crippen LogP contribution in [0.2, 0.25) is 0 Å². The third kappa shape index (κ3) is 5.70. The van der Waals surface area contributed by atoms with Gasteiger partial charge in [0.25, 0.3) is 5.91 Å². The van der Waals surface area contributed by atoms with Crippen LogP contribution in [0.1, 0.15) is 27.0 Å². The molecular weight excluding hydrogens is 447 g/mol. The van der Waals surface area contributed by atoms with Crippen LogP contribution in [0.3, 0.4) is 0 Å². The summed E-state index contributed by atoms with van der Waals surface area (Å²) in [6, 6.07) is 8.60. The maximum Gasteiger partial charge on any atom is 0.416 e. The number of ether oxygens (including phenoxy) is 1. The molecule has 1 saturated heterocycles. The number of morpholine rings is 1. The number of aryl methyl sites for hydroxylation is 1. The van der Waals surface area contributed by atoms with Gasteiger partial charge in [-0.05, 0) is 48.4 Å². The van der Waals surface area contributed by atoms with Crippen LogP contribution in [-0.2, 0) is 17.5 Å². The number of carbonyl (C=O) groups excluding carboxylic acids is 1. The number of nitrogens with zero attached hydrogens (tertiary/aromatic N) is 3. The number of anilines is 2. The summed E-state index contributed by atoms with van der Waals surface area (Å²) in [5, 5.41) is 2.62. The Morgan fingerprint density at radius 1 is 1.15 bits per heavy atom. The lowest BCUT2D eigenvalue weighted by Gasteiger charge is -2.27. The number of hydrogen-bond donors (Lipinski definition) is 2. The quantitative estimate of drug-likeness (QED) is 0.581. The summed E-state index contributed by atoms with van der Waals surface area (Å²) in [6.07, 6.45) is -1.59. The van der Waals surface area contributed by atoms with E-state index in [0.29, 0.717) is 49.7 Å².